The number of benzene rings is 1. The Kier molecular flexibility index (Phi) is 4.19. The van der Waals surface area contributed by atoms with Crippen LogP contribution in [0.3, 0.4) is 0 Å². The van der Waals surface area contributed by atoms with E-state index in [4.69, 9.17) is 0 Å². The number of hydrogen-bond acceptors (Lipinski definition) is 1. The summed E-state index contributed by atoms with van der Waals surface area (Å²) in [7, 11) is 0. The third-order valence-corrected chi connectivity index (χ3v) is 4.91. The molecule has 0 radical (unpaired) electrons. The van der Waals surface area contributed by atoms with Crippen molar-refractivity contribution in [2.75, 3.05) is 18.0 Å². The van der Waals surface area contributed by atoms with E-state index in [0.717, 1.165) is 5.33 Å². The maximum atomic E-state index is 3.69. The summed E-state index contributed by atoms with van der Waals surface area (Å²) in [4.78, 5) is 2.49. The van der Waals surface area contributed by atoms with E-state index in [0.29, 0.717) is 5.41 Å². The Morgan fingerprint density at radius 3 is 2.41 bits per heavy atom. The second kappa shape index (κ2) is 5.31. The average molecular weight is 361 g/mol. The molecule has 0 aliphatic carbocycles. The van der Waals surface area contributed by atoms with Crippen LogP contribution in [0.5, 0.6) is 0 Å². The highest BCUT2D eigenvalue weighted by Gasteiger charge is 2.26. The molecule has 0 spiro atoms. The van der Waals surface area contributed by atoms with E-state index >= 15 is 0 Å². The molecule has 1 aliphatic rings. The Balaban J connectivity index is 2.13. The topological polar surface area (TPSA) is 3.24 Å². The van der Waals surface area contributed by atoms with Crippen molar-refractivity contribution in [2.45, 2.75) is 32.0 Å². The minimum absolute atomic E-state index is 0.513. The Morgan fingerprint density at radius 2 is 1.88 bits per heavy atom. The summed E-state index contributed by atoms with van der Waals surface area (Å²) in [5.74, 6) is 0. The van der Waals surface area contributed by atoms with Crippen LogP contribution in [-0.4, -0.2) is 13.1 Å². The van der Waals surface area contributed by atoms with Crippen molar-refractivity contribution in [3.05, 3.63) is 28.2 Å². The van der Waals surface area contributed by atoms with Crippen molar-refractivity contribution in [3.63, 3.8) is 0 Å². The van der Waals surface area contributed by atoms with E-state index in [1.165, 1.54) is 41.7 Å². The number of nitrogens with zero attached hydrogens (tertiary/aromatic N) is 1. The molecule has 0 aromatic heterocycles. The zero-order valence-corrected chi connectivity index (χ0v) is 13.6. The van der Waals surface area contributed by atoms with Crippen LogP contribution in [-0.2, 0) is 5.33 Å². The standard InChI is InChI=1S/C14H19Br2N/c1-14(2)5-7-17(8-6-14)13-4-3-11(10-15)9-12(13)16/h3-4,9H,5-8,10H2,1-2H3. The van der Waals surface area contributed by atoms with Gasteiger partial charge in [0.2, 0.25) is 0 Å². The molecule has 1 aliphatic heterocycles. The van der Waals surface area contributed by atoms with Crippen molar-refractivity contribution in [1.29, 1.82) is 0 Å². The van der Waals surface area contributed by atoms with Gasteiger partial charge in [-0.25, -0.2) is 0 Å². The van der Waals surface area contributed by atoms with Gasteiger partial charge in [-0.2, -0.15) is 0 Å². The first-order valence-corrected chi connectivity index (χ1v) is 8.03. The molecule has 94 valence electrons. The number of halogens is 2. The number of anilines is 1. The summed E-state index contributed by atoms with van der Waals surface area (Å²) in [5.41, 5.74) is 3.17. The monoisotopic (exact) mass is 359 g/mol. The van der Waals surface area contributed by atoms with Gasteiger partial charge in [0.1, 0.15) is 0 Å². The summed E-state index contributed by atoms with van der Waals surface area (Å²) in [6.45, 7) is 7.07. The number of piperidine rings is 1. The van der Waals surface area contributed by atoms with Crippen molar-refractivity contribution in [3.8, 4) is 0 Å². The van der Waals surface area contributed by atoms with E-state index in [2.05, 4.69) is 68.8 Å². The normalized spacial score (nSPS) is 19.4. The van der Waals surface area contributed by atoms with Gasteiger partial charge in [0.05, 0.1) is 5.69 Å². The van der Waals surface area contributed by atoms with Gasteiger partial charge >= 0.3 is 0 Å². The quantitative estimate of drug-likeness (QED) is 0.673. The summed E-state index contributed by atoms with van der Waals surface area (Å²) in [5, 5.41) is 0.916. The summed E-state index contributed by atoms with van der Waals surface area (Å²) in [6.07, 6.45) is 2.55. The lowest BCUT2D eigenvalue weighted by atomic mass is 9.82. The van der Waals surface area contributed by atoms with E-state index in [9.17, 15) is 0 Å². The maximum Gasteiger partial charge on any atom is 0.0510 e. The minimum Gasteiger partial charge on any atom is -0.371 e. The van der Waals surface area contributed by atoms with Crippen molar-refractivity contribution in [1.82, 2.24) is 0 Å². The fourth-order valence-corrected chi connectivity index (χ4v) is 3.27. The van der Waals surface area contributed by atoms with E-state index in [-0.39, 0.29) is 0 Å². The molecule has 0 saturated carbocycles. The van der Waals surface area contributed by atoms with Crippen LogP contribution in [0.2, 0.25) is 0 Å². The van der Waals surface area contributed by atoms with Crippen LogP contribution >= 0.6 is 31.9 Å². The lowest BCUT2D eigenvalue weighted by molar-refractivity contribution is 0.279. The van der Waals surface area contributed by atoms with Gasteiger partial charge in [-0.1, -0.05) is 35.8 Å². The highest BCUT2D eigenvalue weighted by molar-refractivity contribution is 9.10. The minimum atomic E-state index is 0.513. The third-order valence-electron chi connectivity index (χ3n) is 3.62. The second-order valence-electron chi connectivity index (χ2n) is 5.57. The van der Waals surface area contributed by atoms with Crippen LogP contribution in [0.15, 0.2) is 22.7 Å². The van der Waals surface area contributed by atoms with Gasteiger partial charge in [-0.05, 0) is 51.9 Å². The zero-order chi connectivity index (χ0) is 12.5. The van der Waals surface area contributed by atoms with Crippen LogP contribution in [0.4, 0.5) is 5.69 Å². The zero-order valence-electron chi connectivity index (χ0n) is 10.5. The lowest BCUT2D eigenvalue weighted by Gasteiger charge is -2.38. The molecule has 1 saturated heterocycles. The molecule has 0 bridgehead atoms. The molecule has 1 heterocycles. The largest absolute Gasteiger partial charge is 0.371 e. The van der Waals surface area contributed by atoms with E-state index in [1.54, 1.807) is 0 Å². The molecule has 0 N–H and O–H groups in total. The highest BCUT2D eigenvalue weighted by Crippen LogP contribution is 2.35. The fraction of sp³-hybridized carbons (Fsp3) is 0.571. The fourth-order valence-electron chi connectivity index (χ4n) is 2.24. The molecule has 2 rings (SSSR count). The van der Waals surface area contributed by atoms with Crippen molar-refractivity contribution >= 4 is 37.5 Å². The molecule has 1 aromatic rings. The average Bonchev–Trinajstić information content (AvgIpc) is 2.29. The van der Waals surface area contributed by atoms with Crippen LogP contribution < -0.4 is 4.90 Å². The Hall–Kier alpha value is -0.0200. The molecule has 17 heavy (non-hydrogen) atoms. The van der Waals surface area contributed by atoms with Crippen LogP contribution in [0.1, 0.15) is 32.3 Å². The maximum absolute atomic E-state index is 3.69. The Bertz CT molecular complexity index is 391. The third kappa shape index (κ3) is 3.25. The van der Waals surface area contributed by atoms with E-state index < -0.39 is 0 Å². The molecule has 0 unspecified atom stereocenters. The SMILES string of the molecule is CC1(C)CCN(c2ccc(CBr)cc2Br)CC1. The van der Waals surface area contributed by atoms with Gasteiger partial charge in [0, 0.05) is 22.9 Å². The molecular formula is C14H19Br2N. The molecule has 0 atom stereocenters. The molecule has 3 heteroatoms. The van der Waals surface area contributed by atoms with Crippen LogP contribution in [0, 0.1) is 5.41 Å². The number of alkyl halides is 1. The van der Waals surface area contributed by atoms with Crippen molar-refractivity contribution < 1.29 is 0 Å². The number of rotatable bonds is 2. The second-order valence-corrected chi connectivity index (χ2v) is 6.99. The predicted octanol–water partition coefficient (Wildman–Crippen LogP) is 4.97. The lowest BCUT2D eigenvalue weighted by Crippen LogP contribution is -2.37. The predicted molar refractivity (Wildman–Crippen MR) is 82.0 cm³/mol. The van der Waals surface area contributed by atoms with Crippen LogP contribution in [0.25, 0.3) is 0 Å². The molecule has 1 nitrogen and oxygen atoms in total. The van der Waals surface area contributed by atoms with Gasteiger partial charge in [0.15, 0.2) is 0 Å². The summed E-state index contributed by atoms with van der Waals surface area (Å²) >= 11 is 7.18. The first-order chi connectivity index (χ1) is 8.02. The summed E-state index contributed by atoms with van der Waals surface area (Å²) < 4.78 is 1.22. The van der Waals surface area contributed by atoms with Gasteiger partial charge in [-0.15, -0.1) is 0 Å². The first kappa shape index (κ1) is 13.4. The van der Waals surface area contributed by atoms with Gasteiger partial charge < -0.3 is 4.90 Å². The molecule has 0 amide bonds. The molecular weight excluding hydrogens is 342 g/mol. The molecule has 1 aromatic carbocycles. The van der Waals surface area contributed by atoms with Gasteiger partial charge in [-0.3, -0.25) is 0 Å². The first-order valence-electron chi connectivity index (χ1n) is 6.11. The summed E-state index contributed by atoms with van der Waals surface area (Å²) in [6, 6.07) is 6.65. The van der Waals surface area contributed by atoms with Crippen molar-refractivity contribution in [2.24, 2.45) is 5.41 Å². The van der Waals surface area contributed by atoms with Gasteiger partial charge in [0.25, 0.3) is 0 Å². The van der Waals surface area contributed by atoms with E-state index in [1.807, 2.05) is 0 Å². The molecule has 1 fully saturated rings. The highest BCUT2D eigenvalue weighted by atomic mass is 79.9. The Labute approximate surface area is 121 Å². The Morgan fingerprint density at radius 1 is 1.24 bits per heavy atom. The smallest absolute Gasteiger partial charge is 0.0510 e. The number of hydrogen-bond donors (Lipinski definition) is 0.